The van der Waals surface area contributed by atoms with Crippen molar-refractivity contribution in [3.8, 4) is 0 Å². The van der Waals surface area contributed by atoms with Gasteiger partial charge in [0.2, 0.25) is 0 Å². The molecule has 5 nitrogen and oxygen atoms in total. The number of benzene rings is 1. The predicted octanol–water partition coefficient (Wildman–Crippen LogP) is 5.14. The van der Waals surface area contributed by atoms with Crippen LogP contribution in [0.4, 0.5) is 4.79 Å². The van der Waals surface area contributed by atoms with Crippen LogP contribution < -0.4 is 11.1 Å². The first kappa shape index (κ1) is 23.4. The van der Waals surface area contributed by atoms with Crippen LogP contribution in [0.2, 0.25) is 0 Å². The van der Waals surface area contributed by atoms with Crippen LogP contribution in [0.5, 0.6) is 0 Å². The van der Waals surface area contributed by atoms with Crippen molar-refractivity contribution in [3.63, 3.8) is 0 Å². The number of carbonyl (C=O) groups excluding carboxylic acids is 2. The van der Waals surface area contributed by atoms with Crippen LogP contribution in [-0.4, -0.2) is 28.0 Å². The fourth-order valence-corrected chi connectivity index (χ4v) is 4.28. The van der Waals surface area contributed by atoms with E-state index >= 15 is 0 Å². The minimum Gasteiger partial charge on any atom is -0.323 e. The van der Waals surface area contributed by atoms with Gasteiger partial charge in [0.05, 0.1) is 0 Å². The van der Waals surface area contributed by atoms with E-state index in [1.54, 1.807) is 0 Å². The van der Waals surface area contributed by atoms with Gasteiger partial charge in [-0.05, 0) is 38.2 Å². The number of hydrogen-bond donors (Lipinski definition) is 2. The summed E-state index contributed by atoms with van der Waals surface area (Å²) in [5, 5.41) is 2.94. The number of urea groups is 1. The normalized spacial score (nSPS) is 19.7. The monoisotopic (exact) mass is 401 g/mol. The van der Waals surface area contributed by atoms with Crippen molar-refractivity contribution < 1.29 is 9.59 Å². The van der Waals surface area contributed by atoms with Gasteiger partial charge in [-0.3, -0.25) is 4.79 Å². The van der Waals surface area contributed by atoms with E-state index in [-0.39, 0.29) is 11.9 Å². The minimum absolute atomic E-state index is 0.195. The summed E-state index contributed by atoms with van der Waals surface area (Å²) in [5.41, 5.74) is 5.98. The van der Waals surface area contributed by atoms with E-state index in [0.717, 1.165) is 56.9 Å². The third-order valence-electron chi connectivity index (χ3n) is 6.03. The van der Waals surface area contributed by atoms with Crippen LogP contribution in [0, 0.1) is 0 Å². The number of rotatable bonds is 13. The second-order valence-electron chi connectivity index (χ2n) is 8.79. The van der Waals surface area contributed by atoms with E-state index < -0.39 is 11.2 Å². The number of amides is 3. The van der Waals surface area contributed by atoms with E-state index in [4.69, 9.17) is 5.73 Å². The molecule has 1 aliphatic rings. The highest BCUT2D eigenvalue weighted by Crippen LogP contribution is 2.32. The molecule has 1 unspecified atom stereocenters. The van der Waals surface area contributed by atoms with E-state index in [1.165, 1.54) is 4.90 Å². The Morgan fingerprint density at radius 1 is 0.931 bits per heavy atom. The number of imide groups is 1. The predicted molar refractivity (Wildman–Crippen MR) is 118 cm³/mol. The molecule has 1 heterocycles. The Morgan fingerprint density at radius 3 is 2.00 bits per heavy atom. The molecule has 0 bridgehead atoms. The summed E-state index contributed by atoms with van der Waals surface area (Å²) in [6.45, 7) is 6.16. The third-order valence-corrected chi connectivity index (χ3v) is 6.03. The summed E-state index contributed by atoms with van der Waals surface area (Å²) in [7, 11) is 0. The Bertz CT molecular complexity index is 649. The first-order valence-electron chi connectivity index (χ1n) is 11.4. The summed E-state index contributed by atoms with van der Waals surface area (Å²) in [6, 6.07) is 9.47. The van der Waals surface area contributed by atoms with Gasteiger partial charge >= 0.3 is 6.03 Å². The summed E-state index contributed by atoms with van der Waals surface area (Å²) >= 11 is 0. The number of unbranched alkanes of at least 4 members (excludes halogenated alkanes) is 6. The molecule has 0 radical (unpaired) electrons. The molecule has 0 spiro atoms. The van der Waals surface area contributed by atoms with Crippen LogP contribution in [-0.2, 0) is 11.2 Å². The smallest absolute Gasteiger partial charge is 0.323 e. The fourth-order valence-electron chi connectivity index (χ4n) is 4.28. The molecule has 3 N–H and O–H groups in total. The van der Waals surface area contributed by atoms with Gasteiger partial charge in [-0.25, -0.2) is 9.69 Å². The number of nitrogens with two attached hydrogens (primary N) is 1. The van der Waals surface area contributed by atoms with Crippen molar-refractivity contribution in [1.29, 1.82) is 0 Å². The number of carbonyl (C=O) groups is 2. The zero-order valence-electron chi connectivity index (χ0n) is 18.5. The molecule has 3 amide bonds. The molecule has 162 valence electrons. The molecule has 2 rings (SSSR count). The van der Waals surface area contributed by atoms with Crippen LogP contribution in [0.15, 0.2) is 30.3 Å². The summed E-state index contributed by atoms with van der Waals surface area (Å²) < 4.78 is 0. The first-order chi connectivity index (χ1) is 13.9. The first-order valence-corrected chi connectivity index (χ1v) is 11.4. The lowest BCUT2D eigenvalue weighted by Crippen LogP contribution is -2.59. The second kappa shape index (κ2) is 10.8. The van der Waals surface area contributed by atoms with E-state index in [9.17, 15) is 9.59 Å². The second-order valence-corrected chi connectivity index (χ2v) is 8.79. The van der Waals surface area contributed by atoms with Gasteiger partial charge in [0.15, 0.2) is 0 Å². The van der Waals surface area contributed by atoms with Crippen molar-refractivity contribution in [1.82, 2.24) is 10.2 Å². The average Bonchev–Trinajstić information content (AvgIpc) is 2.92. The van der Waals surface area contributed by atoms with Gasteiger partial charge in [-0.1, -0.05) is 82.7 Å². The molecular formula is C24H39N3O2. The van der Waals surface area contributed by atoms with E-state index in [2.05, 4.69) is 19.2 Å². The van der Waals surface area contributed by atoms with E-state index in [1.807, 2.05) is 37.3 Å². The van der Waals surface area contributed by atoms with Crippen molar-refractivity contribution in [2.45, 2.75) is 103 Å². The Hall–Kier alpha value is -1.88. The molecule has 0 aliphatic carbocycles. The van der Waals surface area contributed by atoms with Crippen molar-refractivity contribution >= 4 is 11.9 Å². The molecule has 29 heavy (non-hydrogen) atoms. The molecular weight excluding hydrogens is 362 g/mol. The maximum absolute atomic E-state index is 13.4. The molecule has 1 aromatic carbocycles. The maximum atomic E-state index is 13.4. The topological polar surface area (TPSA) is 75.4 Å². The Balaban J connectivity index is 2.16. The average molecular weight is 402 g/mol. The maximum Gasteiger partial charge on any atom is 0.326 e. The third kappa shape index (κ3) is 6.05. The number of hydrogen-bond acceptors (Lipinski definition) is 3. The Kier molecular flexibility index (Phi) is 8.69. The van der Waals surface area contributed by atoms with Crippen molar-refractivity contribution in [2.75, 3.05) is 0 Å². The SMILES string of the molecule is CCCCCCC(N)(CCCCCC)N1C(=O)NC(C)(Cc2ccccc2)C1=O. The van der Waals surface area contributed by atoms with Gasteiger partial charge in [0, 0.05) is 6.42 Å². The van der Waals surface area contributed by atoms with Crippen LogP contribution in [0.1, 0.15) is 90.5 Å². The summed E-state index contributed by atoms with van der Waals surface area (Å²) in [4.78, 5) is 27.7. The molecule has 1 fully saturated rings. The van der Waals surface area contributed by atoms with Crippen LogP contribution in [0.3, 0.4) is 0 Å². The highest BCUT2D eigenvalue weighted by Gasteiger charge is 2.53. The Labute approximate surface area is 176 Å². The highest BCUT2D eigenvalue weighted by atomic mass is 16.2. The molecule has 1 atom stereocenters. The van der Waals surface area contributed by atoms with Gasteiger partial charge in [-0.15, -0.1) is 0 Å². The van der Waals surface area contributed by atoms with Crippen molar-refractivity contribution in [2.24, 2.45) is 5.73 Å². The number of nitrogens with zero attached hydrogens (tertiary/aromatic N) is 1. The lowest BCUT2D eigenvalue weighted by Gasteiger charge is -2.37. The lowest BCUT2D eigenvalue weighted by molar-refractivity contribution is -0.135. The van der Waals surface area contributed by atoms with Crippen LogP contribution >= 0.6 is 0 Å². The highest BCUT2D eigenvalue weighted by molar-refractivity contribution is 6.07. The Morgan fingerprint density at radius 2 is 1.48 bits per heavy atom. The molecule has 0 aromatic heterocycles. The largest absolute Gasteiger partial charge is 0.326 e. The summed E-state index contributed by atoms with van der Waals surface area (Å²) in [6.07, 6.45) is 10.4. The fraction of sp³-hybridized carbons (Fsp3) is 0.667. The lowest BCUT2D eigenvalue weighted by atomic mass is 9.90. The van der Waals surface area contributed by atoms with Gasteiger partial charge in [0.25, 0.3) is 5.91 Å². The molecule has 1 aromatic rings. The molecule has 1 saturated heterocycles. The molecule has 1 aliphatic heterocycles. The molecule has 5 heteroatoms. The van der Waals surface area contributed by atoms with Crippen LogP contribution in [0.25, 0.3) is 0 Å². The number of nitrogens with one attached hydrogen (secondary N) is 1. The molecule has 0 saturated carbocycles. The van der Waals surface area contributed by atoms with E-state index in [0.29, 0.717) is 19.3 Å². The van der Waals surface area contributed by atoms with Gasteiger partial charge < -0.3 is 11.1 Å². The summed E-state index contributed by atoms with van der Waals surface area (Å²) in [5.74, 6) is -0.195. The van der Waals surface area contributed by atoms with Gasteiger partial charge in [0.1, 0.15) is 11.2 Å². The van der Waals surface area contributed by atoms with Gasteiger partial charge in [-0.2, -0.15) is 0 Å². The zero-order valence-corrected chi connectivity index (χ0v) is 18.5. The standard InChI is InChI=1S/C24H39N3O2/c1-4-6-8-13-17-24(25,18-14-9-7-5-2)27-21(28)23(3,26-22(27)29)19-20-15-11-10-12-16-20/h10-12,15-16H,4-9,13-14,17-19,25H2,1-3H3,(H,26,29). The quantitative estimate of drug-likeness (QED) is 0.355. The minimum atomic E-state index is -0.949. The van der Waals surface area contributed by atoms with Crippen molar-refractivity contribution in [3.05, 3.63) is 35.9 Å². The zero-order chi connectivity index (χ0) is 21.3.